The Morgan fingerprint density at radius 2 is 1.69 bits per heavy atom. The Labute approximate surface area is 180 Å². The summed E-state index contributed by atoms with van der Waals surface area (Å²) >= 11 is 3.36. The quantitative estimate of drug-likeness (QED) is 0.562. The van der Waals surface area contributed by atoms with E-state index in [1.54, 1.807) is 23.1 Å². The molecule has 5 atom stereocenters. The van der Waals surface area contributed by atoms with Gasteiger partial charge in [0.2, 0.25) is 0 Å². The average molecular weight is 427 g/mol. The molecule has 2 aromatic carbocycles. The molecule has 3 N–H and O–H groups in total. The summed E-state index contributed by atoms with van der Waals surface area (Å²) < 4.78 is 0. The zero-order valence-electron chi connectivity index (χ0n) is 16.3. The van der Waals surface area contributed by atoms with Crippen molar-refractivity contribution in [3.8, 4) is 10.4 Å². The van der Waals surface area contributed by atoms with E-state index in [1.165, 1.54) is 20.9 Å². The highest BCUT2D eigenvalue weighted by Gasteiger charge is 2.42. The van der Waals surface area contributed by atoms with Crippen LogP contribution in [0.1, 0.15) is 28.2 Å². The Morgan fingerprint density at radius 1 is 0.897 bits per heavy atom. The summed E-state index contributed by atoms with van der Waals surface area (Å²) in [5.74, 6) is -0.137. The molecule has 1 saturated heterocycles. The number of aliphatic hydroxyl groups is 3. The van der Waals surface area contributed by atoms with E-state index in [4.69, 9.17) is 0 Å². The number of thioether (sulfide) groups is 1. The molecule has 3 aromatic rings. The summed E-state index contributed by atoms with van der Waals surface area (Å²) in [5.41, 5.74) is 3.42. The number of rotatable bonds is 5. The fraction of sp³-hybridized carbons (Fsp3) is 0.333. The zero-order chi connectivity index (χ0) is 20.4. The van der Waals surface area contributed by atoms with Gasteiger partial charge in [-0.25, -0.2) is 0 Å². The zero-order valence-corrected chi connectivity index (χ0v) is 17.9. The number of hydrogen-bond donors (Lipinski definition) is 3. The summed E-state index contributed by atoms with van der Waals surface area (Å²) in [7, 11) is 0. The summed E-state index contributed by atoms with van der Waals surface area (Å²) in [5, 5.41) is 30.4. The standard InChI is InChI=1S/C24H26O3S2/c1-15-21(14-25)29-24(23(27)22(15)26)18-9-5-6-16(12-18)13-19-10-11-20(28-19)17-7-3-2-4-8-17/h2-12,15,21-27H,13-14H2,1H3/t15-,21-,22+,23-,24+/m1/s1. The van der Waals surface area contributed by atoms with Crippen LogP contribution in [0.25, 0.3) is 10.4 Å². The van der Waals surface area contributed by atoms with Crippen molar-refractivity contribution in [3.63, 3.8) is 0 Å². The molecule has 2 heterocycles. The van der Waals surface area contributed by atoms with Crippen LogP contribution in [0, 0.1) is 5.92 Å². The monoisotopic (exact) mass is 426 g/mol. The molecule has 0 radical (unpaired) electrons. The largest absolute Gasteiger partial charge is 0.395 e. The van der Waals surface area contributed by atoms with E-state index >= 15 is 0 Å². The Hall–Kier alpha value is -1.63. The maximum atomic E-state index is 10.6. The van der Waals surface area contributed by atoms with E-state index in [0.29, 0.717) is 0 Å². The minimum absolute atomic E-state index is 0.00324. The molecule has 5 heteroatoms. The van der Waals surface area contributed by atoms with Crippen LogP contribution in [0.4, 0.5) is 0 Å². The fourth-order valence-corrected chi connectivity index (χ4v) is 6.44. The lowest BCUT2D eigenvalue weighted by Gasteiger charge is -2.40. The molecule has 4 rings (SSSR count). The van der Waals surface area contributed by atoms with Gasteiger partial charge in [0.15, 0.2) is 0 Å². The van der Waals surface area contributed by atoms with Crippen molar-refractivity contribution in [2.45, 2.75) is 36.1 Å². The predicted molar refractivity (Wildman–Crippen MR) is 121 cm³/mol. The van der Waals surface area contributed by atoms with Gasteiger partial charge in [0.05, 0.1) is 24.1 Å². The van der Waals surface area contributed by atoms with E-state index in [2.05, 4.69) is 48.5 Å². The van der Waals surface area contributed by atoms with Gasteiger partial charge in [-0.1, -0.05) is 61.5 Å². The lowest BCUT2D eigenvalue weighted by molar-refractivity contribution is -0.0239. The van der Waals surface area contributed by atoms with Crippen molar-refractivity contribution >= 4 is 23.1 Å². The van der Waals surface area contributed by atoms with Crippen LogP contribution in [0.2, 0.25) is 0 Å². The van der Waals surface area contributed by atoms with Gasteiger partial charge in [-0.05, 0) is 34.7 Å². The van der Waals surface area contributed by atoms with Gasteiger partial charge in [-0.2, -0.15) is 0 Å². The highest BCUT2D eigenvalue weighted by Crippen LogP contribution is 2.45. The summed E-state index contributed by atoms with van der Waals surface area (Å²) in [6.07, 6.45) is -0.825. The van der Waals surface area contributed by atoms with Crippen molar-refractivity contribution in [1.82, 2.24) is 0 Å². The van der Waals surface area contributed by atoms with Crippen LogP contribution < -0.4 is 0 Å². The lowest BCUT2D eigenvalue weighted by atomic mass is 9.91. The van der Waals surface area contributed by atoms with Gasteiger partial charge in [0.1, 0.15) is 0 Å². The van der Waals surface area contributed by atoms with Gasteiger partial charge in [0, 0.05) is 21.4 Å². The minimum atomic E-state index is -0.834. The van der Waals surface area contributed by atoms with Gasteiger partial charge < -0.3 is 15.3 Å². The maximum absolute atomic E-state index is 10.6. The summed E-state index contributed by atoms with van der Waals surface area (Å²) in [4.78, 5) is 2.55. The molecule has 152 valence electrons. The highest BCUT2D eigenvalue weighted by atomic mass is 32.2. The molecule has 1 aromatic heterocycles. The Kier molecular flexibility index (Phi) is 6.42. The van der Waals surface area contributed by atoms with E-state index < -0.39 is 12.2 Å². The number of aliphatic hydroxyl groups excluding tert-OH is 3. The normalized spacial score (nSPS) is 27.1. The molecule has 0 bridgehead atoms. The second-order valence-electron chi connectivity index (χ2n) is 7.67. The summed E-state index contributed by atoms with van der Waals surface area (Å²) in [6.45, 7) is 1.89. The lowest BCUT2D eigenvalue weighted by Crippen LogP contribution is -2.46. The third kappa shape index (κ3) is 4.44. The van der Waals surface area contributed by atoms with E-state index in [0.717, 1.165) is 12.0 Å². The maximum Gasteiger partial charge on any atom is 0.0961 e. The van der Waals surface area contributed by atoms with Crippen molar-refractivity contribution in [1.29, 1.82) is 0 Å². The fourth-order valence-electron chi connectivity index (χ4n) is 3.90. The first-order chi connectivity index (χ1) is 14.1. The molecule has 0 saturated carbocycles. The third-order valence-corrected chi connectivity index (χ3v) is 8.57. The van der Waals surface area contributed by atoms with Gasteiger partial charge in [-0.15, -0.1) is 23.1 Å². The topological polar surface area (TPSA) is 60.7 Å². The molecule has 1 fully saturated rings. The molecule has 3 nitrogen and oxygen atoms in total. The van der Waals surface area contributed by atoms with Crippen molar-refractivity contribution in [2.24, 2.45) is 5.92 Å². The van der Waals surface area contributed by atoms with Crippen LogP contribution in [-0.4, -0.2) is 39.4 Å². The molecule has 0 spiro atoms. The molecule has 0 unspecified atom stereocenters. The molecular formula is C24H26O3S2. The van der Waals surface area contributed by atoms with Gasteiger partial charge >= 0.3 is 0 Å². The second kappa shape index (κ2) is 9.02. The first kappa shape index (κ1) is 20.6. The van der Waals surface area contributed by atoms with Gasteiger partial charge in [0.25, 0.3) is 0 Å². The van der Waals surface area contributed by atoms with E-state index in [9.17, 15) is 15.3 Å². The second-order valence-corrected chi connectivity index (χ2v) is 10.2. The van der Waals surface area contributed by atoms with Crippen LogP contribution in [0.5, 0.6) is 0 Å². The molecule has 1 aliphatic rings. The van der Waals surface area contributed by atoms with Crippen LogP contribution >= 0.6 is 23.1 Å². The Morgan fingerprint density at radius 3 is 2.45 bits per heavy atom. The number of hydrogen-bond acceptors (Lipinski definition) is 5. The Bertz CT molecular complexity index is 938. The molecule has 1 aliphatic heterocycles. The molecule has 0 aliphatic carbocycles. The summed E-state index contributed by atoms with van der Waals surface area (Å²) in [6, 6.07) is 23.0. The van der Waals surface area contributed by atoms with E-state index in [1.807, 2.05) is 25.1 Å². The smallest absolute Gasteiger partial charge is 0.0961 e. The van der Waals surface area contributed by atoms with Crippen molar-refractivity contribution in [3.05, 3.63) is 82.7 Å². The van der Waals surface area contributed by atoms with Crippen LogP contribution in [0.15, 0.2) is 66.7 Å². The first-order valence-electron chi connectivity index (χ1n) is 9.92. The number of benzene rings is 2. The van der Waals surface area contributed by atoms with Crippen LogP contribution in [0.3, 0.4) is 0 Å². The molecular weight excluding hydrogens is 400 g/mol. The highest BCUT2D eigenvalue weighted by molar-refractivity contribution is 8.00. The SMILES string of the molecule is C[C@H]1[C@H](O)[C@@H](O)[C@H](c2cccc(Cc3ccc(-c4ccccc4)s3)c2)S[C@@H]1CO. The number of thiophene rings is 1. The average Bonchev–Trinajstić information content (AvgIpc) is 3.22. The Balaban J connectivity index is 1.53. The van der Waals surface area contributed by atoms with Crippen LogP contribution in [-0.2, 0) is 6.42 Å². The molecule has 0 amide bonds. The molecule has 29 heavy (non-hydrogen) atoms. The third-order valence-electron chi connectivity index (χ3n) is 5.66. The van der Waals surface area contributed by atoms with Gasteiger partial charge in [-0.3, -0.25) is 0 Å². The van der Waals surface area contributed by atoms with Crippen molar-refractivity contribution in [2.75, 3.05) is 6.61 Å². The first-order valence-corrected chi connectivity index (χ1v) is 11.7. The van der Waals surface area contributed by atoms with Crippen molar-refractivity contribution < 1.29 is 15.3 Å². The minimum Gasteiger partial charge on any atom is -0.395 e. The predicted octanol–water partition coefficient (Wildman–Crippen LogP) is 4.51. The van der Waals surface area contributed by atoms with E-state index in [-0.39, 0.29) is 23.0 Å².